The highest BCUT2D eigenvalue weighted by Gasteiger charge is 2.42. The summed E-state index contributed by atoms with van der Waals surface area (Å²) >= 11 is 0. The molecule has 1 aliphatic carbocycles. The van der Waals surface area contributed by atoms with Gasteiger partial charge in [-0.05, 0) is 67.7 Å². The summed E-state index contributed by atoms with van der Waals surface area (Å²) in [5.41, 5.74) is 0. The minimum absolute atomic E-state index is 0.0395. The van der Waals surface area contributed by atoms with Gasteiger partial charge in [-0.25, -0.2) is 5.10 Å². The molecule has 2 fully saturated rings. The van der Waals surface area contributed by atoms with Crippen LogP contribution in [-0.2, 0) is 15.9 Å². The van der Waals surface area contributed by atoms with Crippen LogP contribution in [0.25, 0.3) is 0 Å². The van der Waals surface area contributed by atoms with Crippen molar-refractivity contribution in [3.8, 4) is 0 Å². The van der Waals surface area contributed by atoms with Crippen molar-refractivity contribution in [2.45, 2.75) is 115 Å². The quantitative estimate of drug-likeness (QED) is 0.249. The van der Waals surface area contributed by atoms with Crippen molar-refractivity contribution in [2.75, 3.05) is 13.2 Å². The van der Waals surface area contributed by atoms with Crippen LogP contribution in [0.2, 0.25) is 0 Å². The van der Waals surface area contributed by atoms with Gasteiger partial charge in [0.2, 0.25) is 0 Å². The second-order valence-electron chi connectivity index (χ2n) is 9.67. The minimum atomic E-state index is -0.307. The molecule has 1 aromatic rings. The number of nitrogens with one attached hydrogen (secondary N) is 1. The first kappa shape index (κ1) is 26.3. The molecule has 0 spiro atoms. The predicted octanol–water partition coefficient (Wildman–Crippen LogP) is 4.10. The number of ether oxygens (including phenoxy) is 2. The molecule has 3 N–H and O–H groups in total. The number of H-pyrrole nitrogens is 1. The fourth-order valence-corrected chi connectivity index (χ4v) is 5.21. The van der Waals surface area contributed by atoms with Crippen LogP contribution in [0.5, 0.6) is 0 Å². The van der Waals surface area contributed by atoms with Gasteiger partial charge < -0.3 is 19.7 Å². The second kappa shape index (κ2) is 15.5. The first-order valence-electron chi connectivity index (χ1n) is 13.2. The molecule has 0 radical (unpaired) electrons. The van der Waals surface area contributed by atoms with E-state index in [4.69, 9.17) is 14.6 Å². The summed E-state index contributed by atoms with van der Waals surface area (Å²) in [5, 5.41) is 33.8. The number of aliphatic hydroxyl groups is 2. The van der Waals surface area contributed by atoms with Crippen molar-refractivity contribution >= 4 is 0 Å². The third-order valence-electron chi connectivity index (χ3n) is 7.08. The zero-order valence-electron chi connectivity index (χ0n) is 20.1. The maximum atomic E-state index is 10.9. The summed E-state index contributed by atoms with van der Waals surface area (Å²) in [6.45, 7) is 1.07. The van der Waals surface area contributed by atoms with Crippen LogP contribution in [0.15, 0.2) is 12.2 Å². The number of nitrogens with zero attached hydrogens (tertiary/aromatic N) is 3. The van der Waals surface area contributed by atoms with Crippen molar-refractivity contribution in [1.29, 1.82) is 0 Å². The highest BCUT2D eigenvalue weighted by molar-refractivity contribution is 5.03. The van der Waals surface area contributed by atoms with Crippen LogP contribution in [-0.4, -0.2) is 62.5 Å². The van der Waals surface area contributed by atoms with Crippen LogP contribution < -0.4 is 0 Å². The van der Waals surface area contributed by atoms with E-state index < -0.39 is 0 Å². The number of aromatic nitrogens is 4. The zero-order chi connectivity index (χ0) is 23.1. The van der Waals surface area contributed by atoms with Gasteiger partial charge in [-0.2, -0.15) is 0 Å². The number of aliphatic hydroxyl groups excluding tert-OH is 2. The van der Waals surface area contributed by atoms with Gasteiger partial charge in [0.25, 0.3) is 0 Å². The Morgan fingerprint density at radius 1 is 1.06 bits per heavy atom. The van der Waals surface area contributed by atoms with Crippen molar-refractivity contribution in [3.63, 3.8) is 0 Å². The number of hydrogen-bond acceptors (Lipinski definition) is 7. The van der Waals surface area contributed by atoms with Gasteiger partial charge in [0, 0.05) is 32.0 Å². The van der Waals surface area contributed by atoms with E-state index in [0.29, 0.717) is 6.42 Å². The van der Waals surface area contributed by atoms with Crippen molar-refractivity contribution in [2.24, 2.45) is 11.8 Å². The van der Waals surface area contributed by atoms with Gasteiger partial charge >= 0.3 is 0 Å². The van der Waals surface area contributed by atoms with E-state index >= 15 is 0 Å². The Balaban J connectivity index is 1.44. The Morgan fingerprint density at radius 3 is 2.70 bits per heavy atom. The molecule has 2 heterocycles. The number of unbranched alkanes of at least 4 members (excludes halogenated alkanes) is 7. The Kier molecular flexibility index (Phi) is 12.4. The molecule has 1 unspecified atom stereocenters. The van der Waals surface area contributed by atoms with E-state index in [0.717, 1.165) is 102 Å². The fraction of sp³-hybridized carbons (Fsp3) is 0.880. The predicted molar refractivity (Wildman–Crippen MR) is 126 cm³/mol. The average Bonchev–Trinajstić information content (AvgIpc) is 3.44. The van der Waals surface area contributed by atoms with E-state index in [9.17, 15) is 5.11 Å². The lowest BCUT2D eigenvalue weighted by molar-refractivity contribution is -0.193. The van der Waals surface area contributed by atoms with Crippen LogP contribution in [0.4, 0.5) is 0 Å². The number of aromatic amines is 1. The number of aryl methyl sites for hydroxylation is 1. The molecule has 1 aromatic heterocycles. The minimum Gasteiger partial charge on any atom is -0.396 e. The molecule has 0 amide bonds. The maximum absolute atomic E-state index is 10.9. The Labute approximate surface area is 198 Å². The Morgan fingerprint density at radius 2 is 1.91 bits per heavy atom. The highest BCUT2D eigenvalue weighted by atomic mass is 16.7. The van der Waals surface area contributed by atoms with Gasteiger partial charge in [-0.1, -0.05) is 44.3 Å². The smallest absolute Gasteiger partial charge is 0.157 e. The second-order valence-corrected chi connectivity index (χ2v) is 9.67. The monoisotopic (exact) mass is 464 g/mol. The van der Waals surface area contributed by atoms with Gasteiger partial charge in [-0.15, -0.1) is 5.10 Å². The lowest BCUT2D eigenvalue weighted by Crippen LogP contribution is -2.30. The summed E-state index contributed by atoms with van der Waals surface area (Å²) in [4.78, 5) is 0. The van der Waals surface area contributed by atoms with E-state index in [2.05, 4.69) is 32.8 Å². The normalized spacial score (nSPS) is 28.1. The average molecular weight is 465 g/mol. The van der Waals surface area contributed by atoms with Gasteiger partial charge in [0.15, 0.2) is 6.29 Å². The third-order valence-corrected chi connectivity index (χ3v) is 7.08. The summed E-state index contributed by atoms with van der Waals surface area (Å²) in [5.74, 6) is 1.36. The maximum Gasteiger partial charge on any atom is 0.157 e. The summed E-state index contributed by atoms with van der Waals surface area (Å²) < 4.78 is 12.2. The molecule has 5 atom stereocenters. The van der Waals surface area contributed by atoms with Gasteiger partial charge in [0.05, 0.1) is 12.2 Å². The molecular weight excluding hydrogens is 420 g/mol. The molecule has 0 bridgehead atoms. The van der Waals surface area contributed by atoms with E-state index in [1.165, 1.54) is 0 Å². The number of tetrazole rings is 1. The number of rotatable bonds is 16. The third kappa shape index (κ3) is 9.43. The van der Waals surface area contributed by atoms with Crippen LogP contribution >= 0.6 is 0 Å². The van der Waals surface area contributed by atoms with Gasteiger partial charge in [0.1, 0.15) is 5.82 Å². The topological polar surface area (TPSA) is 113 Å². The van der Waals surface area contributed by atoms with Crippen molar-refractivity contribution in [1.82, 2.24) is 20.6 Å². The van der Waals surface area contributed by atoms with E-state index in [-0.39, 0.29) is 36.9 Å². The van der Waals surface area contributed by atoms with Crippen LogP contribution in [0.3, 0.4) is 0 Å². The molecule has 1 aliphatic heterocycles. The molecule has 3 rings (SSSR count). The largest absolute Gasteiger partial charge is 0.396 e. The molecule has 1 saturated carbocycles. The molecule has 188 valence electrons. The first-order chi connectivity index (χ1) is 16.3. The standard InChI is InChI=1S/C25H44N4O4/c30-17-11-6-2-1-3-8-14-21-20(13-7-4-5-9-15-24-26-28-29-27-24)22(31)19-23(21)33-25-16-10-12-18-32-25/h8,14,20-23,25,30-31H,1-7,9-13,15-19H2,(H,26,27,28,29)/t20-,21-,22+,23-,25?/m0/s1. The summed E-state index contributed by atoms with van der Waals surface area (Å²) in [6, 6.07) is 0. The molecule has 8 nitrogen and oxygen atoms in total. The highest BCUT2D eigenvalue weighted by Crippen LogP contribution is 2.40. The lowest BCUT2D eigenvalue weighted by atomic mass is 9.88. The molecule has 1 saturated heterocycles. The fourth-order valence-electron chi connectivity index (χ4n) is 5.21. The SMILES string of the molecule is OCCCCCCC=C[C@H]1[C@H](CCCCCCc2nnn[nH]2)[C@H](O)C[C@@H]1OC1CCCCO1. The molecule has 8 heteroatoms. The lowest BCUT2D eigenvalue weighted by Gasteiger charge is -2.29. The first-order valence-corrected chi connectivity index (χ1v) is 13.2. The summed E-state index contributed by atoms with van der Waals surface area (Å²) in [6.07, 6.45) is 19.9. The molecule has 2 aliphatic rings. The Hall–Kier alpha value is -1.35. The van der Waals surface area contributed by atoms with E-state index in [1.54, 1.807) is 0 Å². The van der Waals surface area contributed by atoms with Crippen molar-refractivity contribution < 1.29 is 19.7 Å². The zero-order valence-corrected chi connectivity index (χ0v) is 20.1. The summed E-state index contributed by atoms with van der Waals surface area (Å²) in [7, 11) is 0. The molecular formula is C25H44N4O4. The number of allylic oxidation sites excluding steroid dienone is 1. The van der Waals surface area contributed by atoms with Crippen LogP contribution in [0, 0.1) is 11.8 Å². The Bertz CT molecular complexity index is 636. The molecule has 33 heavy (non-hydrogen) atoms. The van der Waals surface area contributed by atoms with Crippen molar-refractivity contribution in [3.05, 3.63) is 18.0 Å². The molecule has 0 aromatic carbocycles. The number of hydrogen-bond donors (Lipinski definition) is 3. The van der Waals surface area contributed by atoms with E-state index in [1.807, 2.05) is 0 Å². The van der Waals surface area contributed by atoms with Crippen LogP contribution in [0.1, 0.15) is 95.7 Å². The van der Waals surface area contributed by atoms with Gasteiger partial charge in [-0.3, -0.25) is 0 Å².